The van der Waals surface area contributed by atoms with Crippen LogP contribution in [0.25, 0.3) is 16.6 Å². The lowest BCUT2D eigenvalue weighted by Gasteiger charge is -2.32. The highest BCUT2D eigenvalue weighted by Gasteiger charge is 2.30. The molecule has 0 spiro atoms. The molecule has 5 rings (SSSR count). The fraction of sp³-hybridized carbons (Fsp3) is 0.333. The fourth-order valence-electron chi connectivity index (χ4n) is 4.24. The van der Waals surface area contributed by atoms with Gasteiger partial charge in [-0.1, -0.05) is 0 Å². The number of carbonyl (C=O) groups is 1. The van der Waals surface area contributed by atoms with Gasteiger partial charge in [0, 0.05) is 54.4 Å². The molecule has 0 radical (unpaired) electrons. The number of carbonyl (C=O) groups excluding carboxylic acids is 1. The van der Waals surface area contributed by atoms with Crippen molar-refractivity contribution in [2.75, 3.05) is 18.4 Å². The van der Waals surface area contributed by atoms with Gasteiger partial charge >= 0.3 is 6.09 Å². The van der Waals surface area contributed by atoms with Gasteiger partial charge in [0.05, 0.1) is 27.7 Å². The average molecular weight is 537 g/mol. The minimum absolute atomic E-state index is 0.111. The quantitative estimate of drug-likeness (QED) is 0.374. The van der Waals surface area contributed by atoms with Gasteiger partial charge in [0.2, 0.25) is 0 Å². The number of likely N-dealkylation sites (tertiary alicyclic amines) is 1. The first-order valence-corrected chi connectivity index (χ1v) is 13.6. The van der Waals surface area contributed by atoms with Crippen LogP contribution < -0.4 is 5.32 Å². The summed E-state index contributed by atoms with van der Waals surface area (Å²) in [5.74, 6) is -0.0234. The number of hydrogen-bond donors (Lipinski definition) is 1. The lowest BCUT2D eigenvalue weighted by Crippen LogP contribution is -2.43. The van der Waals surface area contributed by atoms with E-state index in [0.717, 1.165) is 5.39 Å². The number of halogens is 1. The number of anilines is 2. The molecule has 1 fully saturated rings. The van der Waals surface area contributed by atoms with Gasteiger partial charge in [0.1, 0.15) is 22.3 Å². The Morgan fingerprint density at radius 2 is 1.95 bits per heavy atom. The third-order valence-electron chi connectivity index (χ3n) is 6.13. The zero-order valence-electron chi connectivity index (χ0n) is 21.4. The van der Waals surface area contributed by atoms with Gasteiger partial charge in [0.25, 0.3) is 0 Å². The molecule has 198 valence electrons. The molecule has 4 aromatic rings. The summed E-state index contributed by atoms with van der Waals surface area (Å²) in [6.07, 6.45) is 5.87. The Labute approximate surface area is 222 Å². The third kappa shape index (κ3) is 5.83. The van der Waals surface area contributed by atoms with Crippen LogP contribution in [0.15, 0.2) is 66.1 Å². The Bertz CT molecular complexity index is 1480. The molecule has 9 nitrogen and oxygen atoms in total. The Kier molecular flexibility index (Phi) is 7.11. The number of aromatic nitrogens is 4. The number of ether oxygens (including phenoxy) is 1. The van der Waals surface area contributed by atoms with Crippen LogP contribution in [0, 0.1) is 5.82 Å². The zero-order valence-corrected chi connectivity index (χ0v) is 22.2. The van der Waals surface area contributed by atoms with Crippen molar-refractivity contribution < 1.29 is 18.1 Å². The highest BCUT2D eigenvalue weighted by atomic mass is 32.2. The normalized spacial score (nSPS) is 15.4. The molecule has 1 aliphatic heterocycles. The number of piperidine rings is 1. The van der Waals surface area contributed by atoms with Crippen molar-refractivity contribution in [3.05, 3.63) is 66.9 Å². The van der Waals surface area contributed by atoms with Crippen LogP contribution >= 0.6 is 0 Å². The molecule has 0 bridgehead atoms. The molecule has 1 atom stereocenters. The van der Waals surface area contributed by atoms with Crippen molar-refractivity contribution in [1.29, 1.82) is 0 Å². The highest BCUT2D eigenvalue weighted by molar-refractivity contribution is 7.85. The van der Waals surface area contributed by atoms with Crippen molar-refractivity contribution in [1.82, 2.24) is 24.6 Å². The number of pyridine rings is 2. The topological polar surface area (TPSA) is 102 Å². The first-order valence-electron chi connectivity index (χ1n) is 12.4. The Balaban J connectivity index is 1.27. The number of nitrogens with one attached hydrogen (secondary N) is 1. The molecular weight excluding hydrogens is 507 g/mol. The van der Waals surface area contributed by atoms with E-state index < -0.39 is 22.2 Å². The van der Waals surface area contributed by atoms with Crippen LogP contribution in [0.4, 0.5) is 20.7 Å². The van der Waals surface area contributed by atoms with Crippen molar-refractivity contribution in [2.24, 2.45) is 0 Å². The van der Waals surface area contributed by atoms with E-state index in [2.05, 4.69) is 20.4 Å². The van der Waals surface area contributed by atoms with Crippen LogP contribution in [0.5, 0.6) is 0 Å². The molecule has 38 heavy (non-hydrogen) atoms. The van der Waals surface area contributed by atoms with E-state index in [9.17, 15) is 13.4 Å². The van der Waals surface area contributed by atoms with Crippen molar-refractivity contribution in [2.45, 2.75) is 49.5 Å². The van der Waals surface area contributed by atoms with E-state index in [-0.39, 0.29) is 17.0 Å². The summed E-state index contributed by atoms with van der Waals surface area (Å²) < 4.78 is 35.1. The van der Waals surface area contributed by atoms with Crippen LogP contribution in [0.1, 0.15) is 33.6 Å². The fourth-order valence-corrected chi connectivity index (χ4v) is 5.61. The molecule has 1 aromatic carbocycles. The SMILES string of the molecule is CC(C)(C)OC(=O)N1CCC(S(=O)c2ccc3cnc(Nc4ccc(-n5cccn5)cc4F)cc3n2)CC1. The second-order valence-electron chi connectivity index (χ2n) is 10.1. The summed E-state index contributed by atoms with van der Waals surface area (Å²) in [5, 5.41) is 8.26. The minimum Gasteiger partial charge on any atom is -0.444 e. The number of amides is 1. The van der Waals surface area contributed by atoms with Crippen LogP contribution in [-0.2, 0) is 15.5 Å². The molecule has 1 amide bonds. The summed E-state index contributed by atoms with van der Waals surface area (Å²) in [7, 11) is -1.34. The number of hydrogen-bond acceptors (Lipinski definition) is 7. The Morgan fingerprint density at radius 3 is 2.63 bits per heavy atom. The second kappa shape index (κ2) is 10.5. The van der Waals surface area contributed by atoms with E-state index >= 15 is 0 Å². The maximum atomic E-state index is 14.8. The maximum Gasteiger partial charge on any atom is 0.410 e. The van der Waals surface area contributed by atoms with Gasteiger partial charge in [-0.2, -0.15) is 5.10 Å². The molecular formula is C27H29FN6O3S. The van der Waals surface area contributed by atoms with Gasteiger partial charge in [0.15, 0.2) is 0 Å². The van der Waals surface area contributed by atoms with Crippen LogP contribution in [-0.4, -0.2) is 58.9 Å². The van der Waals surface area contributed by atoms with Crippen LogP contribution in [0.3, 0.4) is 0 Å². The number of nitrogens with zero attached hydrogens (tertiary/aromatic N) is 5. The smallest absolute Gasteiger partial charge is 0.410 e. The van der Waals surface area contributed by atoms with Crippen LogP contribution in [0.2, 0.25) is 0 Å². The number of benzene rings is 1. The van der Waals surface area contributed by atoms with Crippen molar-refractivity contribution in [3.63, 3.8) is 0 Å². The summed E-state index contributed by atoms with van der Waals surface area (Å²) in [6.45, 7) is 6.49. The average Bonchev–Trinajstić information content (AvgIpc) is 3.43. The van der Waals surface area contributed by atoms with Gasteiger partial charge in [-0.3, -0.25) is 4.21 Å². The van der Waals surface area contributed by atoms with Crippen molar-refractivity contribution >= 4 is 39.3 Å². The largest absolute Gasteiger partial charge is 0.444 e. The molecule has 3 aromatic heterocycles. The molecule has 4 heterocycles. The monoisotopic (exact) mass is 536 g/mol. The highest BCUT2D eigenvalue weighted by Crippen LogP contribution is 2.26. The molecule has 1 N–H and O–H groups in total. The maximum absolute atomic E-state index is 14.8. The summed E-state index contributed by atoms with van der Waals surface area (Å²) in [4.78, 5) is 23.0. The molecule has 1 aliphatic rings. The molecule has 1 saturated heterocycles. The van der Waals surface area contributed by atoms with Gasteiger partial charge in [-0.25, -0.2) is 23.8 Å². The van der Waals surface area contributed by atoms with Gasteiger partial charge < -0.3 is 15.0 Å². The lowest BCUT2D eigenvalue weighted by molar-refractivity contribution is 0.0218. The first kappa shape index (κ1) is 25.8. The standard InChI is InChI=1S/C27H29FN6O3S/c1-27(2,3)37-26(35)33-13-9-20(10-14-33)38(36)25-8-5-18-17-29-24(16-23(18)32-25)31-22-7-6-19(15-21(22)28)34-12-4-11-30-34/h4-8,11-12,15-17,20H,9-10,13-14H2,1-3H3,(H,29,31). The molecule has 0 saturated carbocycles. The Morgan fingerprint density at radius 1 is 1.16 bits per heavy atom. The van der Waals surface area contributed by atoms with Crippen molar-refractivity contribution in [3.8, 4) is 5.69 Å². The summed E-state index contributed by atoms with van der Waals surface area (Å²) >= 11 is 0. The van der Waals surface area contributed by atoms with E-state index in [1.807, 2.05) is 26.8 Å². The molecule has 1 unspecified atom stereocenters. The first-order chi connectivity index (χ1) is 18.2. The summed E-state index contributed by atoms with van der Waals surface area (Å²) in [6, 6.07) is 11.8. The zero-order chi connectivity index (χ0) is 26.9. The van der Waals surface area contributed by atoms with Gasteiger partial charge in [-0.05, 0) is 63.9 Å². The predicted molar refractivity (Wildman–Crippen MR) is 144 cm³/mol. The third-order valence-corrected chi connectivity index (χ3v) is 7.85. The second-order valence-corrected chi connectivity index (χ2v) is 11.8. The number of rotatable bonds is 5. The van der Waals surface area contributed by atoms with E-state index in [0.29, 0.717) is 48.0 Å². The lowest BCUT2D eigenvalue weighted by atomic mass is 10.1. The molecule has 11 heteroatoms. The predicted octanol–water partition coefficient (Wildman–Crippen LogP) is 5.21. The molecule has 0 aliphatic carbocycles. The van der Waals surface area contributed by atoms with E-state index in [1.165, 1.54) is 6.07 Å². The minimum atomic E-state index is -1.34. The van der Waals surface area contributed by atoms with E-state index in [1.54, 1.807) is 58.5 Å². The number of fused-ring (bicyclic) bond motifs is 1. The summed E-state index contributed by atoms with van der Waals surface area (Å²) in [5.41, 5.74) is 0.927. The Hall–Kier alpha value is -3.86. The van der Waals surface area contributed by atoms with E-state index in [4.69, 9.17) is 4.74 Å². The van der Waals surface area contributed by atoms with Gasteiger partial charge in [-0.15, -0.1) is 0 Å².